The lowest BCUT2D eigenvalue weighted by Crippen LogP contribution is -2.53. The van der Waals surface area contributed by atoms with Crippen molar-refractivity contribution >= 4 is 11.6 Å². The summed E-state index contributed by atoms with van der Waals surface area (Å²) in [5.41, 5.74) is 0.435. The first-order valence-corrected chi connectivity index (χ1v) is 11.0. The van der Waals surface area contributed by atoms with Crippen molar-refractivity contribution in [2.75, 3.05) is 37.7 Å². The maximum Gasteiger partial charge on any atom is 0.417 e. The number of aliphatic hydroxyl groups is 1. The lowest BCUT2D eigenvalue weighted by molar-refractivity contribution is -0.138. The zero-order chi connectivity index (χ0) is 23.8. The molecule has 2 atom stereocenters. The summed E-state index contributed by atoms with van der Waals surface area (Å²) in [6, 6.07) is 13.1. The van der Waals surface area contributed by atoms with Gasteiger partial charge in [-0.05, 0) is 48.6 Å². The molecule has 2 aliphatic heterocycles. The molecular weight excluding hydrogens is 431 g/mol. The molecule has 1 amide bonds. The standard InChI is InChI=1S/C25H26F3N3O2/c1-17-4-2-3-5-18(17)10-23(33)30-9-8-20-13-31(15-24(20,14-30)16-32)21-7-6-19(12-29)22(11-21)25(26,27)28/h2-7,11,20,32H,8-10,13-16H2,1H3/t20-,24+/m0/s1. The molecule has 5 nitrogen and oxygen atoms in total. The average molecular weight is 457 g/mol. The molecule has 2 aromatic rings. The van der Waals surface area contributed by atoms with Crippen LogP contribution in [0, 0.1) is 29.6 Å². The Kier molecular flexibility index (Phi) is 6.10. The number of carbonyl (C=O) groups excluding carboxylic acids is 1. The third-order valence-corrected chi connectivity index (χ3v) is 7.13. The number of carbonyl (C=O) groups is 1. The van der Waals surface area contributed by atoms with Crippen molar-refractivity contribution in [2.45, 2.75) is 25.9 Å². The van der Waals surface area contributed by atoms with E-state index in [9.17, 15) is 23.1 Å². The van der Waals surface area contributed by atoms with E-state index in [1.54, 1.807) is 11.0 Å². The van der Waals surface area contributed by atoms with Crippen LogP contribution in [0.15, 0.2) is 42.5 Å². The average Bonchev–Trinajstić information content (AvgIpc) is 3.19. The SMILES string of the molecule is Cc1ccccc1CC(=O)N1CC[C@H]2CN(c3ccc(C#N)c(C(F)(F)F)c3)C[C@@]2(CO)C1. The molecule has 2 aliphatic rings. The second-order valence-corrected chi connectivity index (χ2v) is 9.14. The zero-order valence-electron chi connectivity index (χ0n) is 18.4. The topological polar surface area (TPSA) is 67.6 Å². The first-order valence-electron chi connectivity index (χ1n) is 11.0. The number of piperidine rings is 1. The van der Waals surface area contributed by atoms with E-state index in [1.807, 2.05) is 36.1 Å². The predicted molar refractivity (Wildman–Crippen MR) is 117 cm³/mol. The second kappa shape index (κ2) is 8.71. The fourth-order valence-corrected chi connectivity index (χ4v) is 5.16. The van der Waals surface area contributed by atoms with Gasteiger partial charge in [0.2, 0.25) is 5.91 Å². The highest BCUT2D eigenvalue weighted by Crippen LogP contribution is 2.44. The molecular formula is C25H26F3N3O2. The summed E-state index contributed by atoms with van der Waals surface area (Å²) < 4.78 is 40.3. The van der Waals surface area contributed by atoms with Crippen LogP contribution in [-0.2, 0) is 17.4 Å². The van der Waals surface area contributed by atoms with Gasteiger partial charge >= 0.3 is 6.18 Å². The molecule has 8 heteroatoms. The fourth-order valence-electron chi connectivity index (χ4n) is 5.16. The number of amides is 1. The minimum atomic E-state index is -4.62. The molecule has 0 unspecified atom stereocenters. The number of benzene rings is 2. The molecule has 1 N–H and O–H groups in total. The summed E-state index contributed by atoms with van der Waals surface area (Å²) in [6.45, 7) is 3.61. The van der Waals surface area contributed by atoms with Gasteiger partial charge in [-0.1, -0.05) is 24.3 Å². The van der Waals surface area contributed by atoms with Crippen molar-refractivity contribution in [1.82, 2.24) is 4.90 Å². The van der Waals surface area contributed by atoms with Crippen LogP contribution in [0.4, 0.5) is 18.9 Å². The number of nitrogens with zero attached hydrogens (tertiary/aromatic N) is 3. The maximum atomic E-state index is 13.4. The number of fused-ring (bicyclic) bond motifs is 1. The van der Waals surface area contributed by atoms with E-state index in [-0.39, 0.29) is 24.9 Å². The van der Waals surface area contributed by atoms with E-state index >= 15 is 0 Å². The molecule has 0 aliphatic carbocycles. The van der Waals surface area contributed by atoms with Crippen LogP contribution in [-0.4, -0.2) is 48.7 Å². The molecule has 2 saturated heterocycles. The van der Waals surface area contributed by atoms with Gasteiger partial charge in [0.15, 0.2) is 0 Å². The molecule has 0 spiro atoms. The summed E-state index contributed by atoms with van der Waals surface area (Å²) in [5, 5.41) is 19.4. The van der Waals surface area contributed by atoms with E-state index < -0.39 is 22.7 Å². The van der Waals surface area contributed by atoms with Crippen molar-refractivity contribution in [3.63, 3.8) is 0 Å². The molecule has 33 heavy (non-hydrogen) atoms. The third-order valence-electron chi connectivity index (χ3n) is 7.13. The van der Waals surface area contributed by atoms with Crippen LogP contribution in [0.5, 0.6) is 0 Å². The Morgan fingerprint density at radius 2 is 2.00 bits per heavy atom. The number of likely N-dealkylation sites (tertiary alicyclic amines) is 1. The van der Waals surface area contributed by atoms with Gasteiger partial charge < -0.3 is 14.9 Å². The van der Waals surface area contributed by atoms with E-state index in [2.05, 4.69) is 0 Å². The van der Waals surface area contributed by atoms with Gasteiger partial charge in [-0.15, -0.1) is 0 Å². The highest BCUT2D eigenvalue weighted by atomic mass is 19.4. The number of nitriles is 1. The second-order valence-electron chi connectivity index (χ2n) is 9.14. The molecule has 2 aromatic carbocycles. The zero-order valence-corrected chi connectivity index (χ0v) is 18.4. The monoisotopic (exact) mass is 457 g/mol. The molecule has 4 rings (SSSR count). The van der Waals surface area contributed by atoms with Crippen molar-refractivity contribution < 1.29 is 23.1 Å². The number of alkyl halides is 3. The van der Waals surface area contributed by atoms with Gasteiger partial charge in [-0.25, -0.2) is 0 Å². The molecule has 174 valence electrons. The Morgan fingerprint density at radius 1 is 1.24 bits per heavy atom. The lowest BCUT2D eigenvalue weighted by atomic mass is 9.74. The summed E-state index contributed by atoms with van der Waals surface area (Å²) in [6.07, 6.45) is -3.66. The van der Waals surface area contributed by atoms with Gasteiger partial charge in [0.1, 0.15) is 0 Å². The number of anilines is 1. The Bertz CT molecular complexity index is 1100. The quantitative estimate of drug-likeness (QED) is 0.759. The molecule has 0 radical (unpaired) electrons. The van der Waals surface area contributed by atoms with E-state index in [0.29, 0.717) is 38.3 Å². The number of aryl methyl sites for hydroxylation is 1. The summed E-state index contributed by atoms with van der Waals surface area (Å²) in [7, 11) is 0. The Hall–Kier alpha value is -3.05. The van der Waals surface area contributed by atoms with Crippen LogP contribution < -0.4 is 4.90 Å². The number of rotatable bonds is 4. The van der Waals surface area contributed by atoms with Crippen LogP contribution in [0.25, 0.3) is 0 Å². The summed E-state index contributed by atoms with van der Waals surface area (Å²) in [4.78, 5) is 16.6. The van der Waals surface area contributed by atoms with Gasteiger partial charge in [0.05, 0.1) is 30.2 Å². The largest absolute Gasteiger partial charge is 0.417 e. The van der Waals surface area contributed by atoms with Crippen molar-refractivity contribution in [2.24, 2.45) is 11.3 Å². The van der Waals surface area contributed by atoms with Gasteiger partial charge in [-0.3, -0.25) is 4.79 Å². The first-order chi connectivity index (χ1) is 15.7. The number of hydrogen-bond donors (Lipinski definition) is 1. The Labute approximate surface area is 191 Å². The normalized spacial score (nSPS) is 22.7. The molecule has 0 bridgehead atoms. The fraction of sp³-hybridized carbons (Fsp3) is 0.440. The van der Waals surface area contributed by atoms with E-state index in [4.69, 9.17) is 5.26 Å². The molecule has 2 heterocycles. The third kappa shape index (κ3) is 4.42. The minimum absolute atomic E-state index is 0.00763. The molecule has 0 saturated carbocycles. The van der Waals surface area contributed by atoms with Crippen LogP contribution in [0.2, 0.25) is 0 Å². The summed E-state index contributed by atoms with van der Waals surface area (Å²) in [5.74, 6) is 0.0572. The minimum Gasteiger partial charge on any atom is -0.396 e. The van der Waals surface area contributed by atoms with Gasteiger partial charge in [0.25, 0.3) is 0 Å². The number of hydrogen-bond acceptors (Lipinski definition) is 4. The van der Waals surface area contributed by atoms with E-state index in [1.165, 1.54) is 12.1 Å². The highest BCUT2D eigenvalue weighted by Gasteiger charge is 2.50. The van der Waals surface area contributed by atoms with Crippen LogP contribution in [0.3, 0.4) is 0 Å². The smallest absolute Gasteiger partial charge is 0.396 e. The van der Waals surface area contributed by atoms with E-state index in [0.717, 1.165) is 17.2 Å². The van der Waals surface area contributed by atoms with Gasteiger partial charge in [-0.2, -0.15) is 18.4 Å². The van der Waals surface area contributed by atoms with Crippen molar-refractivity contribution in [3.8, 4) is 6.07 Å². The summed E-state index contributed by atoms with van der Waals surface area (Å²) >= 11 is 0. The Morgan fingerprint density at radius 3 is 2.67 bits per heavy atom. The Balaban J connectivity index is 1.53. The van der Waals surface area contributed by atoms with Crippen molar-refractivity contribution in [3.05, 3.63) is 64.7 Å². The first kappa shape index (κ1) is 23.1. The number of aliphatic hydroxyl groups excluding tert-OH is 1. The lowest BCUT2D eigenvalue weighted by Gasteiger charge is -2.43. The molecule has 2 fully saturated rings. The number of halogens is 3. The maximum absolute atomic E-state index is 13.4. The van der Waals surface area contributed by atoms with Crippen molar-refractivity contribution in [1.29, 1.82) is 5.26 Å². The molecule has 0 aromatic heterocycles. The van der Waals surface area contributed by atoms with Crippen LogP contribution in [0.1, 0.15) is 28.7 Å². The highest BCUT2D eigenvalue weighted by molar-refractivity contribution is 5.79. The van der Waals surface area contributed by atoms with Gasteiger partial charge in [0, 0.05) is 37.3 Å². The predicted octanol–water partition coefficient (Wildman–Crippen LogP) is 3.78. The van der Waals surface area contributed by atoms with Crippen LogP contribution >= 0.6 is 0 Å².